The van der Waals surface area contributed by atoms with Crippen molar-refractivity contribution in [3.05, 3.63) is 35.2 Å². The standard InChI is InChI=1S/C12H14N2O4/c1-3-18-12(16)9-7-13-14-5-4-8(6-10(9)14)11(15)17-2/h4-6,13H,3,7H2,1-2H3. The van der Waals surface area contributed by atoms with E-state index in [2.05, 4.69) is 10.2 Å². The number of hydrogen-bond acceptors (Lipinski definition) is 6. The molecule has 0 saturated carbocycles. The van der Waals surface area contributed by atoms with E-state index in [0.29, 0.717) is 30.0 Å². The second-order valence-corrected chi connectivity index (χ2v) is 3.70. The topological polar surface area (TPSA) is 67.9 Å². The van der Waals surface area contributed by atoms with Gasteiger partial charge in [-0.2, -0.15) is 0 Å². The molecule has 2 rings (SSSR count). The molecule has 18 heavy (non-hydrogen) atoms. The van der Waals surface area contributed by atoms with Gasteiger partial charge in [0, 0.05) is 12.7 Å². The number of hydrazine groups is 1. The molecule has 6 nitrogen and oxygen atoms in total. The van der Waals surface area contributed by atoms with Crippen LogP contribution in [0.2, 0.25) is 0 Å². The first-order valence-electron chi connectivity index (χ1n) is 5.58. The van der Waals surface area contributed by atoms with Crippen LogP contribution in [0.5, 0.6) is 0 Å². The Morgan fingerprint density at radius 3 is 2.89 bits per heavy atom. The zero-order chi connectivity index (χ0) is 13.1. The minimum atomic E-state index is -0.437. The van der Waals surface area contributed by atoms with E-state index in [-0.39, 0.29) is 5.97 Å². The number of nitrogens with one attached hydrogen (secondary N) is 1. The lowest BCUT2D eigenvalue weighted by molar-refractivity contribution is -0.138. The highest BCUT2D eigenvalue weighted by Gasteiger charge is 2.28. The van der Waals surface area contributed by atoms with E-state index in [4.69, 9.17) is 4.74 Å². The van der Waals surface area contributed by atoms with Gasteiger partial charge in [-0.3, -0.25) is 5.01 Å². The third-order valence-corrected chi connectivity index (χ3v) is 2.63. The minimum Gasteiger partial charge on any atom is -0.465 e. The van der Waals surface area contributed by atoms with Gasteiger partial charge in [0.25, 0.3) is 0 Å². The number of fused-ring (bicyclic) bond motifs is 1. The maximum absolute atomic E-state index is 11.7. The first kappa shape index (κ1) is 12.4. The number of nitrogens with zero attached hydrogens (tertiary/aromatic N) is 1. The molecule has 2 aliphatic rings. The Balaban J connectivity index is 2.31. The van der Waals surface area contributed by atoms with Gasteiger partial charge in [0.1, 0.15) is 0 Å². The normalized spacial score (nSPS) is 17.4. The van der Waals surface area contributed by atoms with Gasteiger partial charge in [-0.05, 0) is 19.1 Å². The molecule has 0 spiro atoms. The SMILES string of the molecule is CCOC(=O)C1=C2C=C(C(=O)OC)C=CN2NC1. The van der Waals surface area contributed by atoms with Crippen LogP contribution >= 0.6 is 0 Å². The molecule has 0 bridgehead atoms. The Morgan fingerprint density at radius 2 is 2.22 bits per heavy atom. The maximum Gasteiger partial charge on any atom is 0.337 e. The number of ether oxygens (including phenoxy) is 2. The van der Waals surface area contributed by atoms with Crippen molar-refractivity contribution < 1.29 is 19.1 Å². The zero-order valence-electron chi connectivity index (χ0n) is 10.2. The fraction of sp³-hybridized carbons (Fsp3) is 0.333. The van der Waals surface area contributed by atoms with E-state index < -0.39 is 5.97 Å². The molecule has 0 aliphatic carbocycles. The Bertz CT molecular complexity index is 476. The molecular formula is C12H14N2O4. The molecular weight excluding hydrogens is 236 g/mol. The summed E-state index contributed by atoms with van der Waals surface area (Å²) >= 11 is 0. The maximum atomic E-state index is 11.7. The van der Waals surface area contributed by atoms with Crippen molar-refractivity contribution in [2.45, 2.75) is 6.92 Å². The van der Waals surface area contributed by atoms with Crippen molar-refractivity contribution in [2.24, 2.45) is 0 Å². The molecule has 1 N–H and O–H groups in total. The van der Waals surface area contributed by atoms with E-state index >= 15 is 0 Å². The number of carbonyl (C=O) groups excluding carboxylic acids is 2. The fourth-order valence-corrected chi connectivity index (χ4v) is 1.77. The van der Waals surface area contributed by atoms with Crippen LogP contribution in [-0.4, -0.2) is 37.2 Å². The summed E-state index contributed by atoms with van der Waals surface area (Å²) < 4.78 is 9.61. The van der Waals surface area contributed by atoms with Gasteiger partial charge in [-0.1, -0.05) is 0 Å². The molecule has 0 fully saturated rings. The van der Waals surface area contributed by atoms with Gasteiger partial charge in [0.05, 0.1) is 30.6 Å². The van der Waals surface area contributed by atoms with Crippen molar-refractivity contribution in [1.29, 1.82) is 0 Å². The van der Waals surface area contributed by atoms with Crippen LogP contribution in [-0.2, 0) is 19.1 Å². The molecule has 0 unspecified atom stereocenters. The molecule has 0 amide bonds. The molecule has 96 valence electrons. The van der Waals surface area contributed by atoms with Crippen LogP contribution in [0.1, 0.15) is 6.92 Å². The van der Waals surface area contributed by atoms with Crippen molar-refractivity contribution in [3.8, 4) is 0 Å². The average molecular weight is 250 g/mol. The Morgan fingerprint density at radius 1 is 1.44 bits per heavy atom. The zero-order valence-corrected chi connectivity index (χ0v) is 10.2. The highest BCUT2D eigenvalue weighted by molar-refractivity contribution is 5.95. The number of hydrogen-bond donors (Lipinski definition) is 1. The van der Waals surface area contributed by atoms with E-state index in [0.717, 1.165) is 0 Å². The molecule has 2 heterocycles. The summed E-state index contributed by atoms with van der Waals surface area (Å²) in [5.41, 5.74) is 4.52. The third-order valence-electron chi connectivity index (χ3n) is 2.63. The number of rotatable bonds is 3. The summed E-state index contributed by atoms with van der Waals surface area (Å²) in [6.07, 6.45) is 4.91. The first-order valence-corrected chi connectivity index (χ1v) is 5.58. The summed E-state index contributed by atoms with van der Waals surface area (Å²) in [6, 6.07) is 0. The van der Waals surface area contributed by atoms with Gasteiger partial charge >= 0.3 is 11.9 Å². The highest BCUT2D eigenvalue weighted by atomic mass is 16.5. The smallest absolute Gasteiger partial charge is 0.337 e. The average Bonchev–Trinajstić information content (AvgIpc) is 2.80. The Hall–Kier alpha value is -2.08. The van der Waals surface area contributed by atoms with Crippen LogP contribution in [0.4, 0.5) is 0 Å². The van der Waals surface area contributed by atoms with Gasteiger partial charge in [0.15, 0.2) is 0 Å². The monoisotopic (exact) mass is 250 g/mol. The second kappa shape index (κ2) is 5.05. The second-order valence-electron chi connectivity index (χ2n) is 3.70. The molecule has 0 aromatic heterocycles. The van der Waals surface area contributed by atoms with Crippen LogP contribution in [0.15, 0.2) is 35.2 Å². The molecule has 0 saturated heterocycles. The first-order chi connectivity index (χ1) is 8.67. The van der Waals surface area contributed by atoms with E-state index in [1.807, 2.05) is 0 Å². The summed E-state index contributed by atoms with van der Waals surface area (Å²) in [6.45, 7) is 2.45. The molecule has 2 aliphatic heterocycles. The highest BCUT2D eigenvalue weighted by Crippen LogP contribution is 2.24. The Kier molecular flexibility index (Phi) is 3.47. The number of allylic oxidation sites excluding steroid dienone is 1. The van der Waals surface area contributed by atoms with Crippen molar-refractivity contribution >= 4 is 11.9 Å². The summed E-state index contributed by atoms with van der Waals surface area (Å²) in [5, 5.41) is 1.68. The van der Waals surface area contributed by atoms with Crippen LogP contribution in [0.25, 0.3) is 0 Å². The number of esters is 2. The van der Waals surface area contributed by atoms with E-state index in [9.17, 15) is 9.59 Å². The molecule has 0 aromatic carbocycles. The largest absolute Gasteiger partial charge is 0.465 e. The van der Waals surface area contributed by atoms with Crippen molar-refractivity contribution in [2.75, 3.05) is 20.3 Å². The summed E-state index contributed by atoms with van der Waals surface area (Å²) in [4.78, 5) is 23.2. The molecule has 0 atom stereocenters. The Labute approximate surface area is 105 Å². The quantitative estimate of drug-likeness (QED) is 0.724. The minimum absolute atomic E-state index is 0.318. The fourth-order valence-electron chi connectivity index (χ4n) is 1.77. The third kappa shape index (κ3) is 2.14. The molecule has 6 heteroatoms. The van der Waals surface area contributed by atoms with Crippen LogP contribution in [0.3, 0.4) is 0 Å². The van der Waals surface area contributed by atoms with Crippen molar-refractivity contribution in [1.82, 2.24) is 10.4 Å². The lowest BCUT2D eigenvalue weighted by Gasteiger charge is -2.19. The number of carbonyl (C=O) groups is 2. The lowest BCUT2D eigenvalue weighted by Crippen LogP contribution is -2.28. The van der Waals surface area contributed by atoms with Crippen LogP contribution in [0, 0.1) is 0 Å². The molecule has 0 radical (unpaired) electrons. The van der Waals surface area contributed by atoms with Crippen molar-refractivity contribution in [3.63, 3.8) is 0 Å². The van der Waals surface area contributed by atoms with E-state index in [1.165, 1.54) is 7.11 Å². The lowest BCUT2D eigenvalue weighted by atomic mass is 10.1. The van der Waals surface area contributed by atoms with Gasteiger partial charge in [-0.15, -0.1) is 0 Å². The van der Waals surface area contributed by atoms with Gasteiger partial charge in [0.2, 0.25) is 0 Å². The van der Waals surface area contributed by atoms with Gasteiger partial charge < -0.3 is 9.47 Å². The summed E-state index contributed by atoms with van der Waals surface area (Å²) in [5.74, 6) is -0.813. The summed E-state index contributed by atoms with van der Waals surface area (Å²) in [7, 11) is 1.32. The number of methoxy groups -OCH3 is 1. The predicted molar refractivity (Wildman–Crippen MR) is 62.7 cm³/mol. The van der Waals surface area contributed by atoms with Gasteiger partial charge in [-0.25, -0.2) is 15.0 Å². The molecule has 0 aromatic rings. The van der Waals surface area contributed by atoms with E-state index in [1.54, 1.807) is 30.3 Å². The predicted octanol–water partition coefficient (Wildman–Crippen LogP) is 0.251. The van der Waals surface area contributed by atoms with Crippen LogP contribution < -0.4 is 5.43 Å².